The van der Waals surface area contributed by atoms with E-state index in [2.05, 4.69) is 80.5 Å². The molecule has 0 aromatic heterocycles. The van der Waals surface area contributed by atoms with Gasteiger partial charge < -0.3 is 4.90 Å². The van der Waals surface area contributed by atoms with Gasteiger partial charge in [-0.3, -0.25) is 0 Å². The summed E-state index contributed by atoms with van der Waals surface area (Å²) in [7, 11) is 2.14. The number of hydrogen-bond acceptors (Lipinski definition) is 1. The van der Waals surface area contributed by atoms with Crippen LogP contribution in [-0.4, -0.2) is 18.5 Å². The van der Waals surface area contributed by atoms with E-state index < -0.39 is 0 Å². The van der Waals surface area contributed by atoms with E-state index in [1.165, 1.54) is 43.5 Å². The van der Waals surface area contributed by atoms with Gasteiger partial charge in [-0.25, -0.2) is 0 Å². The first kappa shape index (κ1) is 23.3. The molecule has 0 aliphatic carbocycles. The zero-order valence-corrected chi connectivity index (χ0v) is 18.2. The Morgan fingerprint density at radius 2 is 1.71 bits per heavy atom. The first-order valence-corrected chi connectivity index (χ1v) is 9.86. The molecular weight excluding hydrogens is 290 g/mol. The maximum atomic E-state index is 4.02. The van der Waals surface area contributed by atoms with Crippen molar-refractivity contribution in [2.45, 2.75) is 81.1 Å². The Morgan fingerprint density at radius 1 is 1.17 bits per heavy atom. The summed E-state index contributed by atoms with van der Waals surface area (Å²) >= 11 is 0. The van der Waals surface area contributed by atoms with Crippen molar-refractivity contribution in [2.75, 3.05) is 13.6 Å². The third-order valence-corrected chi connectivity index (χ3v) is 4.98. The summed E-state index contributed by atoms with van der Waals surface area (Å²) in [6.45, 7) is 27.6. The third kappa shape index (κ3) is 10.2. The Hall–Kier alpha value is -0.720. The molecule has 2 atom stereocenters. The van der Waals surface area contributed by atoms with E-state index in [4.69, 9.17) is 0 Å². The molecule has 2 unspecified atom stereocenters. The summed E-state index contributed by atoms with van der Waals surface area (Å²) in [5.41, 5.74) is 3.06. The van der Waals surface area contributed by atoms with Gasteiger partial charge in [0.15, 0.2) is 0 Å². The van der Waals surface area contributed by atoms with E-state index in [9.17, 15) is 0 Å². The second kappa shape index (κ2) is 10.3. The molecule has 1 heterocycles. The number of allylic oxidation sites excluding steroid dienone is 2. The molecule has 1 nitrogen and oxygen atoms in total. The molecule has 1 fully saturated rings. The van der Waals surface area contributed by atoms with Gasteiger partial charge in [0.05, 0.1) is 0 Å². The molecule has 24 heavy (non-hydrogen) atoms. The first-order valence-electron chi connectivity index (χ1n) is 9.86. The Kier molecular flexibility index (Phi) is 10.0. The number of likely N-dealkylation sites (tertiary alicyclic amines) is 1. The average molecular weight is 336 g/mol. The van der Waals surface area contributed by atoms with Crippen molar-refractivity contribution in [1.82, 2.24) is 4.90 Å². The van der Waals surface area contributed by atoms with Gasteiger partial charge in [-0.2, -0.15) is 0 Å². The molecule has 1 aliphatic heterocycles. The van der Waals surface area contributed by atoms with Gasteiger partial charge in [0.1, 0.15) is 0 Å². The number of hydrogen-bond donors (Lipinski definition) is 0. The SMILES string of the molecule is C=C(C)CC(CC(C)C)C(C)(C)C.C=C1CC(CC(C)C)CN1C. The van der Waals surface area contributed by atoms with Crippen LogP contribution in [0.3, 0.4) is 0 Å². The molecule has 1 aliphatic rings. The summed E-state index contributed by atoms with van der Waals surface area (Å²) in [6.07, 6.45) is 5.07. The van der Waals surface area contributed by atoms with Crippen LogP contribution in [0.1, 0.15) is 81.1 Å². The largest absolute Gasteiger partial charge is 0.378 e. The lowest BCUT2D eigenvalue weighted by molar-refractivity contribution is 0.203. The second-order valence-electron chi connectivity index (χ2n) is 10.0. The van der Waals surface area contributed by atoms with Crippen molar-refractivity contribution in [2.24, 2.45) is 29.1 Å². The molecule has 142 valence electrons. The zero-order valence-electron chi connectivity index (χ0n) is 18.2. The van der Waals surface area contributed by atoms with Crippen molar-refractivity contribution >= 4 is 0 Å². The van der Waals surface area contributed by atoms with Crippen molar-refractivity contribution in [1.29, 1.82) is 0 Å². The highest BCUT2D eigenvalue weighted by Crippen LogP contribution is 2.35. The van der Waals surface area contributed by atoms with Crippen LogP contribution in [0.2, 0.25) is 0 Å². The standard InChI is InChI=1S/C13H26.C10H19N/c1-10(2)8-12(9-11(3)4)13(5,6)7;1-8(2)5-10-6-9(3)11(4)7-10/h11-12H,1,8-9H2,2-7H3;8,10H,3,5-7H2,1-2,4H3. The number of rotatable bonds is 6. The molecule has 0 radical (unpaired) electrons. The highest BCUT2D eigenvalue weighted by atomic mass is 15.1. The van der Waals surface area contributed by atoms with Gasteiger partial charge in [0.2, 0.25) is 0 Å². The van der Waals surface area contributed by atoms with Gasteiger partial charge in [0.25, 0.3) is 0 Å². The van der Waals surface area contributed by atoms with Crippen LogP contribution in [0.5, 0.6) is 0 Å². The second-order valence-corrected chi connectivity index (χ2v) is 10.0. The van der Waals surface area contributed by atoms with Gasteiger partial charge in [-0.05, 0) is 61.7 Å². The predicted molar refractivity (Wildman–Crippen MR) is 111 cm³/mol. The van der Waals surface area contributed by atoms with Crippen LogP contribution < -0.4 is 0 Å². The Balaban J connectivity index is 0.000000446. The number of nitrogens with zero attached hydrogens (tertiary/aromatic N) is 1. The molecule has 0 aromatic rings. The van der Waals surface area contributed by atoms with E-state index >= 15 is 0 Å². The van der Waals surface area contributed by atoms with E-state index in [-0.39, 0.29) is 0 Å². The summed E-state index contributed by atoms with van der Waals surface area (Å²) < 4.78 is 0. The summed E-state index contributed by atoms with van der Waals surface area (Å²) in [5, 5.41) is 0. The minimum absolute atomic E-state index is 0.420. The minimum Gasteiger partial charge on any atom is -0.378 e. The van der Waals surface area contributed by atoms with Gasteiger partial charge >= 0.3 is 0 Å². The van der Waals surface area contributed by atoms with E-state index in [0.29, 0.717) is 5.41 Å². The van der Waals surface area contributed by atoms with E-state index in [1.54, 1.807) is 0 Å². The lowest BCUT2D eigenvalue weighted by Crippen LogP contribution is -2.22. The molecule has 0 amide bonds. The van der Waals surface area contributed by atoms with Crippen LogP contribution in [0.15, 0.2) is 24.4 Å². The average Bonchev–Trinajstić information content (AvgIpc) is 2.64. The van der Waals surface area contributed by atoms with Crippen molar-refractivity contribution in [3.05, 3.63) is 24.4 Å². The molecule has 0 aromatic carbocycles. The molecule has 0 saturated carbocycles. The van der Waals surface area contributed by atoms with Crippen LogP contribution in [0.25, 0.3) is 0 Å². The Labute approximate surface area is 153 Å². The maximum absolute atomic E-state index is 4.02. The Morgan fingerprint density at radius 3 is 2.00 bits per heavy atom. The van der Waals surface area contributed by atoms with Gasteiger partial charge in [-0.1, -0.05) is 60.6 Å². The molecule has 1 heteroatoms. The van der Waals surface area contributed by atoms with Crippen molar-refractivity contribution in [3.8, 4) is 0 Å². The first-order chi connectivity index (χ1) is 10.8. The fourth-order valence-electron chi connectivity index (χ4n) is 3.63. The molecule has 0 N–H and O–H groups in total. The van der Waals surface area contributed by atoms with Gasteiger partial charge in [0, 0.05) is 19.3 Å². The molecule has 0 spiro atoms. The lowest BCUT2D eigenvalue weighted by Gasteiger charge is -2.32. The van der Waals surface area contributed by atoms with Gasteiger partial charge in [-0.15, -0.1) is 6.58 Å². The van der Waals surface area contributed by atoms with Crippen molar-refractivity contribution in [3.63, 3.8) is 0 Å². The smallest absolute Gasteiger partial charge is 0.0203 e. The van der Waals surface area contributed by atoms with E-state index in [1.807, 2.05) is 0 Å². The van der Waals surface area contributed by atoms with Crippen molar-refractivity contribution < 1.29 is 0 Å². The van der Waals surface area contributed by atoms with Crippen LogP contribution in [0, 0.1) is 29.1 Å². The Bertz CT molecular complexity index is 383. The predicted octanol–water partition coefficient (Wildman–Crippen LogP) is 7.16. The minimum atomic E-state index is 0.420. The highest BCUT2D eigenvalue weighted by molar-refractivity contribution is 5.01. The lowest BCUT2D eigenvalue weighted by atomic mass is 9.73. The summed E-state index contributed by atoms with van der Waals surface area (Å²) in [5.74, 6) is 3.28. The van der Waals surface area contributed by atoms with Crippen LogP contribution >= 0.6 is 0 Å². The molecule has 1 rings (SSSR count). The molecule has 1 saturated heterocycles. The topological polar surface area (TPSA) is 3.24 Å². The quantitative estimate of drug-likeness (QED) is 0.465. The molecular formula is C23H45N. The highest BCUT2D eigenvalue weighted by Gasteiger charge is 2.25. The van der Waals surface area contributed by atoms with E-state index in [0.717, 1.165) is 23.7 Å². The van der Waals surface area contributed by atoms with Crippen LogP contribution in [0.4, 0.5) is 0 Å². The normalized spacial score (nSPS) is 19.5. The monoisotopic (exact) mass is 335 g/mol. The fourth-order valence-corrected chi connectivity index (χ4v) is 3.63. The summed E-state index contributed by atoms with van der Waals surface area (Å²) in [4.78, 5) is 2.28. The summed E-state index contributed by atoms with van der Waals surface area (Å²) in [6, 6.07) is 0. The maximum Gasteiger partial charge on any atom is 0.0203 e. The molecule has 0 bridgehead atoms. The zero-order chi connectivity index (χ0) is 19.1. The fraction of sp³-hybridized carbons (Fsp3) is 0.826. The van der Waals surface area contributed by atoms with Crippen LogP contribution in [-0.2, 0) is 0 Å². The third-order valence-electron chi connectivity index (χ3n) is 4.98.